The number of nitrogens with one attached hydrogen (secondary N) is 1. The summed E-state index contributed by atoms with van der Waals surface area (Å²) in [4.78, 5) is 30.1. The lowest BCUT2D eigenvalue weighted by Crippen LogP contribution is -2.37. The smallest absolute Gasteiger partial charge is 0.266 e. The first-order valence-electron chi connectivity index (χ1n) is 9.82. The molecule has 1 aliphatic carbocycles. The zero-order valence-corrected chi connectivity index (χ0v) is 16.8. The molecule has 1 aromatic heterocycles. The van der Waals surface area contributed by atoms with Crippen LogP contribution >= 0.6 is 11.8 Å². The third kappa shape index (κ3) is 4.50. The van der Waals surface area contributed by atoms with Crippen LogP contribution in [0.2, 0.25) is 0 Å². The molecule has 1 fully saturated rings. The van der Waals surface area contributed by atoms with Crippen molar-refractivity contribution in [3.05, 3.63) is 64.7 Å². The highest BCUT2D eigenvalue weighted by Crippen LogP contribution is 2.22. The van der Waals surface area contributed by atoms with E-state index in [4.69, 9.17) is 0 Å². The molecule has 1 N–H and O–H groups in total. The summed E-state index contributed by atoms with van der Waals surface area (Å²) in [7, 11) is 0. The summed E-state index contributed by atoms with van der Waals surface area (Å²) in [5.74, 6) is -0.361. The molecule has 7 heteroatoms. The number of aromatic nitrogens is 2. The van der Waals surface area contributed by atoms with Crippen molar-refractivity contribution in [1.82, 2.24) is 14.9 Å². The molecule has 2 aromatic carbocycles. The Bertz CT molecular complexity index is 1090. The molecule has 29 heavy (non-hydrogen) atoms. The van der Waals surface area contributed by atoms with Crippen LogP contribution < -0.4 is 10.9 Å². The molecule has 1 saturated carbocycles. The molecule has 0 atom stereocenters. The minimum absolute atomic E-state index is 0.0740. The van der Waals surface area contributed by atoms with Gasteiger partial charge in [0.1, 0.15) is 5.82 Å². The predicted octanol–water partition coefficient (Wildman–Crippen LogP) is 4.07. The molecule has 1 heterocycles. The van der Waals surface area contributed by atoms with Gasteiger partial charge in [-0.3, -0.25) is 14.2 Å². The van der Waals surface area contributed by atoms with Gasteiger partial charge in [0.2, 0.25) is 5.91 Å². The number of hydrogen-bond acceptors (Lipinski definition) is 4. The van der Waals surface area contributed by atoms with Gasteiger partial charge in [0, 0.05) is 6.04 Å². The summed E-state index contributed by atoms with van der Waals surface area (Å²) in [6, 6.07) is 13.1. The molecule has 4 rings (SSSR count). The Balaban J connectivity index is 1.64. The monoisotopic (exact) mass is 411 g/mol. The minimum atomic E-state index is -0.437. The van der Waals surface area contributed by atoms with Gasteiger partial charge < -0.3 is 5.32 Å². The van der Waals surface area contributed by atoms with Gasteiger partial charge in [-0.05, 0) is 43.2 Å². The van der Waals surface area contributed by atoms with Crippen LogP contribution in [0, 0.1) is 5.82 Å². The number of carbonyl (C=O) groups is 1. The van der Waals surface area contributed by atoms with Crippen LogP contribution in [0.25, 0.3) is 16.6 Å². The molecular weight excluding hydrogens is 389 g/mol. The number of hydrogen-bond donors (Lipinski definition) is 1. The topological polar surface area (TPSA) is 64.0 Å². The molecule has 0 unspecified atom stereocenters. The highest BCUT2D eigenvalue weighted by Gasteiger charge is 2.18. The van der Waals surface area contributed by atoms with Crippen molar-refractivity contribution < 1.29 is 9.18 Å². The van der Waals surface area contributed by atoms with E-state index in [1.807, 2.05) is 6.07 Å². The Morgan fingerprint density at radius 3 is 2.72 bits per heavy atom. The van der Waals surface area contributed by atoms with E-state index in [0.29, 0.717) is 21.7 Å². The van der Waals surface area contributed by atoms with E-state index < -0.39 is 5.82 Å². The second kappa shape index (κ2) is 8.78. The zero-order chi connectivity index (χ0) is 20.2. The predicted molar refractivity (Wildman–Crippen MR) is 113 cm³/mol. The van der Waals surface area contributed by atoms with Gasteiger partial charge in [0.25, 0.3) is 5.56 Å². The number of fused-ring (bicyclic) bond motifs is 1. The summed E-state index contributed by atoms with van der Waals surface area (Å²) in [5.41, 5.74) is 0.667. The van der Waals surface area contributed by atoms with Gasteiger partial charge in [-0.15, -0.1) is 0 Å². The number of para-hydroxylation sites is 1. The first-order chi connectivity index (χ1) is 14.1. The molecule has 3 aromatic rings. The van der Waals surface area contributed by atoms with Gasteiger partial charge in [-0.25, -0.2) is 9.37 Å². The fourth-order valence-corrected chi connectivity index (χ4v) is 4.52. The Morgan fingerprint density at radius 2 is 1.93 bits per heavy atom. The van der Waals surface area contributed by atoms with Gasteiger partial charge in [-0.2, -0.15) is 0 Å². The van der Waals surface area contributed by atoms with Crippen molar-refractivity contribution in [3.63, 3.8) is 0 Å². The number of halogens is 1. The molecule has 5 nitrogen and oxygen atoms in total. The maximum Gasteiger partial charge on any atom is 0.266 e. The number of benzene rings is 2. The summed E-state index contributed by atoms with van der Waals surface area (Å²) in [6.45, 7) is 0. The van der Waals surface area contributed by atoms with Gasteiger partial charge in [-0.1, -0.05) is 49.2 Å². The molecule has 0 saturated heterocycles. The fraction of sp³-hybridized carbons (Fsp3) is 0.318. The second-order valence-electron chi connectivity index (χ2n) is 7.22. The lowest BCUT2D eigenvalue weighted by atomic mass is 9.95. The number of carbonyl (C=O) groups excluding carboxylic acids is 1. The largest absolute Gasteiger partial charge is 0.353 e. The average molecular weight is 412 g/mol. The van der Waals surface area contributed by atoms with Gasteiger partial charge >= 0.3 is 0 Å². The Labute approximate surface area is 172 Å². The maximum absolute atomic E-state index is 13.8. The standard InChI is InChI=1S/C22H22FN3O2S/c23-15-7-6-10-17(13-15)26-21(28)18-11-4-5-12-19(18)25-22(26)29-14-20(27)24-16-8-2-1-3-9-16/h4-7,10-13,16H,1-3,8-9,14H2,(H,24,27). The van der Waals surface area contributed by atoms with Crippen molar-refractivity contribution in [3.8, 4) is 5.69 Å². The van der Waals surface area contributed by atoms with E-state index in [0.717, 1.165) is 25.7 Å². The first kappa shape index (κ1) is 19.6. The summed E-state index contributed by atoms with van der Waals surface area (Å²) in [5, 5.41) is 3.90. The number of thioether (sulfide) groups is 1. The molecule has 0 spiro atoms. The molecule has 1 aliphatic rings. The van der Waals surface area contributed by atoms with E-state index >= 15 is 0 Å². The van der Waals surface area contributed by atoms with Crippen LogP contribution in [0.15, 0.2) is 58.5 Å². The Kier molecular flexibility index (Phi) is 5.94. The van der Waals surface area contributed by atoms with Gasteiger partial charge in [0.15, 0.2) is 5.16 Å². The molecule has 0 aliphatic heterocycles. The van der Waals surface area contributed by atoms with E-state index in [2.05, 4.69) is 10.3 Å². The molecule has 1 amide bonds. The average Bonchev–Trinajstić information content (AvgIpc) is 2.73. The first-order valence-corrected chi connectivity index (χ1v) is 10.8. The van der Waals surface area contributed by atoms with Crippen LogP contribution in [-0.2, 0) is 4.79 Å². The minimum Gasteiger partial charge on any atom is -0.353 e. The Morgan fingerprint density at radius 1 is 1.14 bits per heavy atom. The number of nitrogens with zero attached hydrogens (tertiary/aromatic N) is 2. The third-order valence-electron chi connectivity index (χ3n) is 5.11. The van der Waals surface area contributed by atoms with Crippen LogP contribution in [0.1, 0.15) is 32.1 Å². The van der Waals surface area contributed by atoms with Gasteiger partial charge in [0.05, 0.1) is 22.3 Å². The van der Waals surface area contributed by atoms with E-state index in [1.54, 1.807) is 30.3 Å². The second-order valence-corrected chi connectivity index (χ2v) is 8.17. The quantitative estimate of drug-likeness (QED) is 0.508. The molecule has 0 bridgehead atoms. The van der Waals surface area contributed by atoms with Crippen molar-refractivity contribution >= 4 is 28.6 Å². The lowest BCUT2D eigenvalue weighted by Gasteiger charge is -2.22. The molecular formula is C22H22FN3O2S. The summed E-state index contributed by atoms with van der Waals surface area (Å²) >= 11 is 1.19. The van der Waals surface area contributed by atoms with E-state index in [9.17, 15) is 14.0 Å². The SMILES string of the molecule is O=C(CSc1nc2ccccc2c(=O)n1-c1cccc(F)c1)NC1CCCCC1. The van der Waals surface area contributed by atoms with Crippen molar-refractivity contribution in [2.24, 2.45) is 0 Å². The highest BCUT2D eigenvalue weighted by atomic mass is 32.2. The highest BCUT2D eigenvalue weighted by molar-refractivity contribution is 7.99. The van der Waals surface area contributed by atoms with Crippen molar-refractivity contribution in [2.75, 3.05) is 5.75 Å². The normalized spacial score (nSPS) is 14.8. The van der Waals surface area contributed by atoms with Crippen LogP contribution in [0.3, 0.4) is 0 Å². The number of amides is 1. The molecule has 0 radical (unpaired) electrons. The lowest BCUT2D eigenvalue weighted by molar-refractivity contribution is -0.119. The van der Waals surface area contributed by atoms with Crippen molar-refractivity contribution in [2.45, 2.75) is 43.3 Å². The van der Waals surface area contributed by atoms with E-state index in [-0.39, 0.29) is 23.3 Å². The van der Waals surface area contributed by atoms with Crippen LogP contribution in [0.4, 0.5) is 4.39 Å². The zero-order valence-electron chi connectivity index (χ0n) is 15.9. The summed E-state index contributed by atoms with van der Waals surface area (Å²) < 4.78 is 15.2. The summed E-state index contributed by atoms with van der Waals surface area (Å²) in [6.07, 6.45) is 5.53. The van der Waals surface area contributed by atoms with Crippen LogP contribution in [-0.4, -0.2) is 27.3 Å². The Hall–Kier alpha value is -2.67. The fourth-order valence-electron chi connectivity index (χ4n) is 3.70. The molecule has 150 valence electrons. The van der Waals surface area contributed by atoms with E-state index in [1.165, 1.54) is 34.9 Å². The van der Waals surface area contributed by atoms with Crippen LogP contribution in [0.5, 0.6) is 0 Å². The van der Waals surface area contributed by atoms with Crippen molar-refractivity contribution in [1.29, 1.82) is 0 Å². The number of rotatable bonds is 5. The maximum atomic E-state index is 13.8. The third-order valence-corrected chi connectivity index (χ3v) is 6.05.